The number of halogens is 1. The predicted octanol–water partition coefficient (Wildman–Crippen LogP) is 4.65. The topological polar surface area (TPSA) is 27.1 Å². The third kappa shape index (κ3) is 2.38. The SMILES string of the molecule is COc1cccc2c1nc(-c1ccccc1F)n2CC1CCC1. The molecule has 0 N–H and O–H groups in total. The van der Waals surface area contributed by atoms with E-state index in [9.17, 15) is 4.39 Å². The average Bonchev–Trinajstić information content (AvgIpc) is 2.89. The highest BCUT2D eigenvalue weighted by Crippen LogP contribution is 2.35. The molecule has 1 aliphatic carbocycles. The summed E-state index contributed by atoms with van der Waals surface area (Å²) in [6.07, 6.45) is 3.76. The van der Waals surface area contributed by atoms with Gasteiger partial charge in [-0.15, -0.1) is 0 Å². The summed E-state index contributed by atoms with van der Waals surface area (Å²) in [5, 5.41) is 0. The number of imidazole rings is 1. The molecule has 0 aliphatic heterocycles. The van der Waals surface area contributed by atoms with Crippen LogP contribution in [0.1, 0.15) is 19.3 Å². The molecule has 118 valence electrons. The van der Waals surface area contributed by atoms with Gasteiger partial charge in [0.2, 0.25) is 0 Å². The summed E-state index contributed by atoms with van der Waals surface area (Å²) >= 11 is 0. The number of para-hydroxylation sites is 1. The predicted molar refractivity (Wildman–Crippen MR) is 89.0 cm³/mol. The van der Waals surface area contributed by atoms with Crippen molar-refractivity contribution in [1.29, 1.82) is 0 Å². The van der Waals surface area contributed by atoms with Crippen molar-refractivity contribution >= 4 is 11.0 Å². The summed E-state index contributed by atoms with van der Waals surface area (Å²) in [4.78, 5) is 4.72. The molecule has 1 saturated carbocycles. The van der Waals surface area contributed by atoms with E-state index in [4.69, 9.17) is 9.72 Å². The molecule has 1 heterocycles. The highest BCUT2D eigenvalue weighted by molar-refractivity contribution is 5.86. The maximum absolute atomic E-state index is 14.3. The van der Waals surface area contributed by atoms with Crippen LogP contribution in [0.25, 0.3) is 22.4 Å². The fourth-order valence-electron chi connectivity index (χ4n) is 3.25. The molecule has 0 atom stereocenters. The molecule has 3 aromatic rings. The summed E-state index contributed by atoms with van der Waals surface area (Å²) in [6, 6.07) is 12.7. The Hall–Kier alpha value is -2.36. The molecule has 0 amide bonds. The van der Waals surface area contributed by atoms with E-state index < -0.39 is 0 Å². The Balaban J connectivity index is 1.94. The minimum Gasteiger partial charge on any atom is -0.494 e. The van der Waals surface area contributed by atoms with Crippen molar-refractivity contribution in [3.05, 3.63) is 48.3 Å². The van der Waals surface area contributed by atoms with Crippen LogP contribution in [-0.2, 0) is 6.54 Å². The molecule has 0 spiro atoms. The number of fused-ring (bicyclic) bond motifs is 1. The van der Waals surface area contributed by atoms with E-state index in [0.717, 1.165) is 23.3 Å². The maximum atomic E-state index is 14.3. The van der Waals surface area contributed by atoms with E-state index in [-0.39, 0.29) is 5.82 Å². The minimum atomic E-state index is -0.239. The molecule has 2 aromatic carbocycles. The molecule has 0 saturated heterocycles. The molecular formula is C19H19FN2O. The molecule has 1 aliphatic rings. The van der Waals surface area contributed by atoms with Crippen LogP contribution in [0.4, 0.5) is 4.39 Å². The van der Waals surface area contributed by atoms with Gasteiger partial charge in [0.05, 0.1) is 18.2 Å². The fourth-order valence-corrected chi connectivity index (χ4v) is 3.25. The lowest BCUT2D eigenvalue weighted by Crippen LogP contribution is -2.18. The van der Waals surface area contributed by atoms with Gasteiger partial charge in [-0.2, -0.15) is 0 Å². The summed E-state index contributed by atoms with van der Waals surface area (Å²) in [6.45, 7) is 0.882. The van der Waals surface area contributed by atoms with Gasteiger partial charge in [-0.25, -0.2) is 9.37 Å². The zero-order valence-corrected chi connectivity index (χ0v) is 13.1. The first-order valence-corrected chi connectivity index (χ1v) is 8.06. The molecule has 4 rings (SSSR count). The van der Waals surface area contributed by atoms with Gasteiger partial charge < -0.3 is 9.30 Å². The first kappa shape index (κ1) is 14.2. The van der Waals surface area contributed by atoms with E-state index in [2.05, 4.69) is 4.57 Å². The van der Waals surface area contributed by atoms with Crippen LogP contribution in [0.2, 0.25) is 0 Å². The highest BCUT2D eigenvalue weighted by Gasteiger charge is 2.23. The van der Waals surface area contributed by atoms with Gasteiger partial charge in [-0.05, 0) is 43.0 Å². The van der Waals surface area contributed by atoms with Crippen LogP contribution in [0, 0.1) is 11.7 Å². The van der Waals surface area contributed by atoms with Crippen LogP contribution in [0.15, 0.2) is 42.5 Å². The van der Waals surface area contributed by atoms with Crippen molar-refractivity contribution in [2.45, 2.75) is 25.8 Å². The van der Waals surface area contributed by atoms with Crippen molar-refractivity contribution < 1.29 is 9.13 Å². The zero-order valence-electron chi connectivity index (χ0n) is 13.1. The number of benzene rings is 2. The van der Waals surface area contributed by atoms with Crippen molar-refractivity contribution in [1.82, 2.24) is 9.55 Å². The number of nitrogens with zero attached hydrogens (tertiary/aromatic N) is 2. The number of rotatable bonds is 4. The van der Waals surface area contributed by atoms with Gasteiger partial charge in [0.1, 0.15) is 22.9 Å². The monoisotopic (exact) mass is 310 g/mol. The number of methoxy groups -OCH3 is 1. The van der Waals surface area contributed by atoms with E-state index in [1.807, 2.05) is 24.3 Å². The molecular weight excluding hydrogens is 291 g/mol. The fraction of sp³-hybridized carbons (Fsp3) is 0.316. The lowest BCUT2D eigenvalue weighted by Gasteiger charge is -2.26. The van der Waals surface area contributed by atoms with E-state index in [1.54, 1.807) is 19.2 Å². The van der Waals surface area contributed by atoms with E-state index in [0.29, 0.717) is 17.3 Å². The lowest BCUT2D eigenvalue weighted by molar-refractivity contribution is 0.280. The van der Waals surface area contributed by atoms with E-state index in [1.165, 1.54) is 25.3 Å². The van der Waals surface area contributed by atoms with Gasteiger partial charge in [0, 0.05) is 6.54 Å². The molecule has 1 fully saturated rings. The van der Waals surface area contributed by atoms with Crippen molar-refractivity contribution in [3.63, 3.8) is 0 Å². The second-order valence-electron chi connectivity index (χ2n) is 6.15. The summed E-state index contributed by atoms with van der Waals surface area (Å²) in [5.74, 6) is 1.84. The number of hydrogen-bond donors (Lipinski definition) is 0. The second kappa shape index (κ2) is 5.69. The quantitative estimate of drug-likeness (QED) is 0.701. The molecule has 23 heavy (non-hydrogen) atoms. The molecule has 3 nitrogen and oxygen atoms in total. The Morgan fingerprint density at radius 3 is 2.70 bits per heavy atom. The van der Waals surface area contributed by atoms with Crippen molar-refractivity contribution in [2.24, 2.45) is 5.92 Å². The van der Waals surface area contributed by atoms with Gasteiger partial charge >= 0.3 is 0 Å². The van der Waals surface area contributed by atoms with Crippen LogP contribution < -0.4 is 4.74 Å². The summed E-state index contributed by atoms with van der Waals surface area (Å²) in [7, 11) is 1.64. The molecule has 0 unspecified atom stereocenters. The Kier molecular flexibility index (Phi) is 3.52. The van der Waals surface area contributed by atoms with Crippen LogP contribution in [0.5, 0.6) is 5.75 Å². The zero-order chi connectivity index (χ0) is 15.8. The van der Waals surface area contributed by atoms with Crippen LogP contribution in [-0.4, -0.2) is 16.7 Å². The minimum absolute atomic E-state index is 0.239. The molecule has 1 aromatic heterocycles. The number of hydrogen-bond acceptors (Lipinski definition) is 2. The maximum Gasteiger partial charge on any atom is 0.146 e. The summed E-state index contributed by atoms with van der Waals surface area (Å²) in [5.41, 5.74) is 2.35. The standard InChI is InChI=1S/C19H19FN2O/c1-23-17-11-5-10-16-18(17)21-19(14-8-2-3-9-15(14)20)22(16)12-13-6-4-7-13/h2-3,5,8-11,13H,4,6-7,12H2,1H3. The third-order valence-electron chi connectivity index (χ3n) is 4.74. The molecule has 0 bridgehead atoms. The molecule has 0 radical (unpaired) electrons. The molecule has 4 heteroatoms. The Bertz CT molecular complexity index is 852. The van der Waals surface area contributed by atoms with Crippen molar-refractivity contribution in [3.8, 4) is 17.1 Å². The Morgan fingerprint density at radius 1 is 1.17 bits per heavy atom. The second-order valence-corrected chi connectivity index (χ2v) is 6.15. The highest BCUT2D eigenvalue weighted by atomic mass is 19.1. The van der Waals surface area contributed by atoms with Gasteiger partial charge in [0.25, 0.3) is 0 Å². The lowest BCUT2D eigenvalue weighted by atomic mass is 9.85. The summed E-state index contributed by atoms with van der Waals surface area (Å²) < 4.78 is 21.9. The largest absolute Gasteiger partial charge is 0.494 e. The average molecular weight is 310 g/mol. The normalized spacial score (nSPS) is 14.9. The van der Waals surface area contributed by atoms with Gasteiger partial charge in [0.15, 0.2) is 0 Å². The number of aromatic nitrogens is 2. The Labute approximate surface area is 134 Å². The number of ether oxygens (including phenoxy) is 1. The van der Waals surface area contributed by atoms with Gasteiger partial charge in [-0.3, -0.25) is 0 Å². The van der Waals surface area contributed by atoms with E-state index >= 15 is 0 Å². The van der Waals surface area contributed by atoms with Crippen LogP contribution >= 0.6 is 0 Å². The first-order chi connectivity index (χ1) is 11.3. The first-order valence-electron chi connectivity index (χ1n) is 8.06. The van der Waals surface area contributed by atoms with Crippen LogP contribution in [0.3, 0.4) is 0 Å². The van der Waals surface area contributed by atoms with Gasteiger partial charge in [-0.1, -0.05) is 24.6 Å². The van der Waals surface area contributed by atoms with Crippen molar-refractivity contribution in [2.75, 3.05) is 7.11 Å². The Morgan fingerprint density at radius 2 is 2.00 bits per heavy atom. The smallest absolute Gasteiger partial charge is 0.146 e. The third-order valence-corrected chi connectivity index (χ3v) is 4.74.